The quantitative estimate of drug-likeness (QED) is 0.267. The summed E-state index contributed by atoms with van der Waals surface area (Å²) in [6.07, 6.45) is -0.385. The first kappa shape index (κ1) is 23.8. The Morgan fingerprint density at radius 2 is 1.68 bits per heavy atom. The molecule has 1 amide bonds. The van der Waals surface area contributed by atoms with Crippen LogP contribution in [0.2, 0.25) is 0 Å². The van der Waals surface area contributed by atoms with Crippen molar-refractivity contribution >= 4 is 39.3 Å². The average Bonchev–Trinajstić information content (AvgIpc) is 3.29. The van der Waals surface area contributed by atoms with Gasteiger partial charge in [0.05, 0.1) is 18.6 Å². The van der Waals surface area contributed by atoms with Gasteiger partial charge in [-0.2, -0.15) is 0 Å². The van der Waals surface area contributed by atoms with Gasteiger partial charge in [0.25, 0.3) is 0 Å². The summed E-state index contributed by atoms with van der Waals surface area (Å²) < 4.78 is 14.1. The van der Waals surface area contributed by atoms with Crippen molar-refractivity contribution in [3.05, 3.63) is 89.2 Å². The number of amides is 1. The molecule has 7 nitrogen and oxygen atoms in total. The smallest absolute Gasteiger partial charge is 0.234 e. The largest absolute Gasteiger partial charge is 0.497 e. The van der Waals surface area contributed by atoms with Crippen molar-refractivity contribution in [1.82, 2.24) is 14.8 Å². The molecule has 34 heavy (non-hydrogen) atoms. The molecule has 1 aromatic heterocycles. The third kappa shape index (κ3) is 5.78. The van der Waals surface area contributed by atoms with Crippen LogP contribution in [-0.4, -0.2) is 33.5 Å². The third-order valence-electron chi connectivity index (χ3n) is 4.89. The van der Waals surface area contributed by atoms with Crippen LogP contribution in [0.3, 0.4) is 0 Å². The standard InChI is InChI=1S/C25H23BrN4O3S/c1-17(33-20-14-12-19(32-2)13-15-20)24-28-29-25(30(24)18-8-4-3-5-9-18)34-16-23(31)27-22-11-7-6-10-21(22)26/h3-15,17H,16H2,1-2H3,(H,27,31). The van der Waals surface area contributed by atoms with E-state index in [-0.39, 0.29) is 17.8 Å². The van der Waals surface area contributed by atoms with E-state index in [0.717, 1.165) is 21.6 Å². The highest BCUT2D eigenvalue weighted by Gasteiger charge is 2.22. The van der Waals surface area contributed by atoms with E-state index in [9.17, 15) is 4.79 Å². The number of thioether (sulfide) groups is 1. The summed E-state index contributed by atoms with van der Waals surface area (Å²) in [4.78, 5) is 12.6. The lowest BCUT2D eigenvalue weighted by atomic mass is 10.3. The Morgan fingerprint density at radius 3 is 2.38 bits per heavy atom. The summed E-state index contributed by atoms with van der Waals surface area (Å²) in [6.45, 7) is 1.92. The first-order valence-corrected chi connectivity index (χ1v) is 12.3. The van der Waals surface area contributed by atoms with E-state index in [0.29, 0.717) is 16.7 Å². The molecule has 1 atom stereocenters. The molecule has 0 aliphatic heterocycles. The number of halogens is 1. The Kier molecular flexibility index (Phi) is 7.87. The molecule has 0 spiro atoms. The minimum absolute atomic E-state index is 0.136. The molecule has 0 bridgehead atoms. The molecule has 0 aliphatic rings. The van der Waals surface area contributed by atoms with Gasteiger partial charge in [-0.15, -0.1) is 10.2 Å². The summed E-state index contributed by atoms with van der Waals surface area (Å²) in [5.74, 6) is 2.13. The second kappa shape index (κ2) is 11.2. The fraction of sp³-hybridized carbons (Fsp3) is 0.160. The van der Waals surface area contributed by atoms with E-state index in [1.807, 2.05) is 90.4 Å². The number of para-hydroxylation sites is 2. The van der Waals surface area contributed by atoms with E-state index in [1.54, 1.807) is 7.11 Å². The number of hydrogen-bond donors (Lipinski definition) is 1. The maximum Gasteiger partial charge on any atom is 0.234 e. The second-order valence-electron chi connectivity index (χ2n) is 7.26. The van der Waals surface area contributed by atoms with Gasteiger partial charge in [-0.05, 0) is 71.4 Å². The van der Waals surface area contributed by atoms with Crippen LogP contribution in [0.5, 0.6) is 11.5 Å². The second-order valence-corrected chi connectivity index (χ2v) is 9.06. The van der Waals surface area contributed by atoms with Gasteiger partial charge < -0.3 is 14.8 Å². The minimum atomic E-state index is -0.385. The Bertz CT molecular complexity index is 1250. The number of benzene rings is 3. The Balaban J connectivity index is 1.53. The number of aromatic nitrogens is 3. The molecule has 174 valence electrons. The number of ether oxygens (including phenoxy) is 2. The van der Waals surface area contributed by atoms with Gasteiger partial charge >= 0.3 is 0 Å². The zero-order valence-electron chi connectivity index (χ0n) is 18.6. The molecule has 1 heterocycles. The van der Waals surface area contributed by atoms with Gasteiger partial charge in [-0.1, -0.05) is 42.1 Å². The van der Waals surface area contributed by atoms with Crippen molar-refractivity contribution in [2.24, 2.45) is 0 Å². The van der Waals surface area contributed by atoms with Gasteiger partial charge in [-0.3, -0.25) is 9.36 Å². The summed E-state index contributed by atoms with van der Waals surface area (Å²) in [5, 5.41) is 12.3. The van der Waals surface area contributed by atoms with Gasteiger partial charge in [-0.25, -0.2) is 0 Å². The lowest BCUT2D eigenvalue weighted by molar-refractivity contribution is -0.113. The predicted octanol–water partition coefficient (Wildman–Crippen LogP) is 5.91. The highest BCUT2D eigenvalue weighted by molar-refractivity contribution is 9.10. The van der Waals surface area contributed by atoms with Crippen molar-refractivity contribution in [3.8, 4) is 17.2 Å². The van der Waals surface area contributed by atoms with E-state index < -0.39 is 0 Å². The van der Waals surface area contributed by atoms with Gasteiger partial charge in [0.2, 0.25) is 5.91 Å². The van der Waals surface area contributed by atoms with Gasteiger partial charge in [0.15, 0.2) is 17.1 Å². The minimum Gasteiger partial charge on any atom is -0.497 e. The molecule has 0 radical (unpaired) electrons. The normalized spacial score (nSPS) is 11.6. The summed E-state index contributed by atoms with van der Waals surface area (Å²) in [7, 11) is 1.62. The van der Waals surface area contributed by atoms with Crippen LogP contribution in [-0.2, 0) is 4.79 Å². The van der Waals surface area contributed by atoms with Crippen LogP contribution in [0.25, 0.3) is 5.69 Å². The number of anilines is 1. The zero-order chi connectivity index (χ0) is 23.9. The van der Waals surface area contributed by atoms with Crippen LogP contribution in [0.15, 0.2) is 88.5 Å². The molecule has 0 aliphatic carbocycles. The number of carbonyl (C=O) groups is 1. The summed E-state index contributed by atoms with van der Waals surface area (Å²) in [6, 6.07) is 24.7. The Hall–Kier alpha value is -3.30. The fourth-order valence-corrected chi connectivity index (χ4v) is 4.39. The number of carbonyl (C=O) groups excluding carboxylic acids is 1. The topological polar surface area (TPSA) is 78.3 Å². The van der Waals surface area contributed by atoms with Gasteiger partial charge in [0.1, 0.15) is 11.5 Å². The number of methoxy groups -OCH3 is 1. The van der Waals surface area contributed by atoms with E-state index >= 15 is 0 Å². The molecule has 1 N–H and O–H groups in total. The summed E-state index contributed by atoms with van der Waals surface area (Å²) in [5.41, 5.74) is 1.61. The van der Waals surface area contributed by atoms with Crippen molar-refractivity contribution in [1.29, 1.82) is 0 Å². The van der Waals surface area contributed by atoms with Crippen LogP contribution in [0, 0.1) is 0 Å². The van der Waals surface area contributed by atoms with Gasteiger partial charge in [0, 0.05) is 10.2 Å². The molecule has 3 aromatic carbocycles. The molecular formula is C25H23BrN4O3S. The first-order chi connectivity index (χ1) is 16.5. The van der Waals surface area contributed by atoms with E-state index in [1.165, 1.54) is 11.8 Å². The van der Waals surface area contributed by atoms with E-state index in [2.05, 4.69) is 31.4 Å². The Morgan fingerprint density at radius 1 is 1.00 bits per heavy atom. The maximum atomic E-state index is 12.6. The SMILES string of the molecule is COc1ccc(OC(C)c2nnc(SCC(=O)Nc3ccccc3Br)n2-c2ccccc2)cc1. The van der Waals surface area contributed by atoms with Crippen LogP contribution >= 0.6 is 27.7 Å². The fourth-order valence-electron chi connectivity index (χ4n) is 3.25. The van der Waals surface area contributed by atoms with E-state index in [4.69, 9.17) is 9.47 Å². The third-order valence-corrected chi connectivity index (χ3v) is 6.51. The summed E-state index contributed by atoms with van der Waals surface area (Å²) >= 11 is 4.76. The lowest BCUT2D eigenvalue weighted by Gasteiger charge is -2.17. The predicted molar refractivity (Wildman–Crippen MR) is 137 cm³/mol. The molecule has 0 fully saturated rings. The molecule has 0 saturated heterocycles. The highest BCUT2D eigenvalue weighted by Crippen LogP contribution is 2.29. The molecule has 0 saturated carbocycles. The molecule has 4 rings (SSSR count). The first-order valence-electron chi connectivity index (χ1n) is 10.5. The maximum absolute atomic E-state index is 12.6. The monoisotopic (exact) mass is 538 g/mol. The van der Waals surface area contributed by atoms with Crippen LogP contribution in [0.4, 0.5) is 5.69 Å². The van der Waals surface area contributed by atoms with Crippen molar-refractivity contribution in [3.63, 3.8) is 0 Å². The van der Waals surface area contributed by atoms with Crippen molar-refractivity contribution in [2.75, 3.05) is 18.2 Å². The van der Waals surface area contributed by atoms with Crippen molar-refractivity contribution < 1.29 is 14.3 Å². The highest BCUT2D eigenvalue weighted by atomic mass is 79.9. The van der Waals surface area contributed by atoms with Crippen molar-refractivity contribution in [2.45, 2.75) is 18.2 Å². The Labute approximate surface area is 210 Å². The molecular weight excluding hydrogens is 516 g/mol. The number of nitrogens with zero attached hydrogens (tertiary/aromatic N) is 3. The zero-order valence-corrected chi connectivity index (χ0v) is 21.0. The van der Waals surface area contributed by atoms with Crippen LogP contribution < -0.4 is 14.8 Å². The molecule has 4 aromatic rings. The number of nitrogens with one attached hydrogen (secondary N) is 1. The number of rotatable bonds is 9. The molecule has 9 heteroatoms. The lowest BCUT2D eigenvalue weighted by Crippen LogP contribution is -2.15. The van der Waals surface area contributed by atoms with Crippen LogP contribution in [0.1, 0.15) is 18.9 Å². The number of hydrogen-bond acceptors (Lipinski definition) is 6. The average molecular weight is 539 g/mol. The molecule has 1 unspecified atom stereocenters.